The quantitative estimate of drug-likeness (QED) is 0.726. The van der Waals surface area contributed by atoms with Crippen LogP contribution in [0.1, 0.15) is 40.5 Å². The number of pyridine rings is 1. The summed E-state index contributed by atoms with van der Waals surface area (Å²) in [5.74, 6) is 0.124. The first-order valence-electron chi connectivity index (χ1n) is 8.58. The Hall–Kier alpha value is -3.42. The van der Waals surface area contributed by atoms with Crippen LogP contribution in [0.2, 0.25) is 0 Å². The van der Waals surface area contributed by atoms with Gasteiger partial charge >= 0.3 is 6.09 Å². The number of carbonyl (C=O) groups is 2. The summed E-state index contributed by atoms with van der Waals surface area (Å²) in [7, 11) is 1.29. The van der Waals surface area contributed by atoms with Crippen LogP contribution < -0.4 is 10.6 Å². The monoisotopic (exact) mass is 366 g/mol. The third-order valence-corrected chi connectivity index (χ3v) is 4.45. The maximum Gasteiger partial charge on any atom is 0.411 e. The lowest BCUT2D eigenvalue weighted by Gasteiger charge is -2.09. The summed E-state index contributed by atoms with van der Waals surface area (Å²) in [6.07, 6.45) is 1.59. The molecule has 8 heteroatoms. The van der Waals surface area contributed by atoms with Gasteiger partial charge in [-0.1, -0.05) is 5.16 Å². The minimum Gasteiger partial charge on any atom is -0.453 e. The lowest BCUT2D eigenvalue weighted by atomic mass is 10.1. The van der Waals surface area contributed by atoms with Gasteiger partial charge in [-0.15, -0.1) is 0 Å². The van der Waals surface area contributed by atoms with Gasteiger partial charge in [0.2, 0.25) is 0 Å². The Morgan fingerprint density at radius 2 is 1.81 bits per heavy atom. The number of aryl methyl sites for hydroxylation is 1. The van der Waals surface area contributed by atoms with Gasteiger partial charge < -0.3 is 14.6 Å². The second kappa shape index (κ2) is 6.71. The Morgan fingerprint density at radius 1 is 1.15 bits per heavy atom. The number of rotatable bonds is 4. The largest absolute Gasteiger partial charge is 0.453 e. The summed E-state index contributed by atoms with van der Waals surface area (Å²) in [4.78, 5) is 28.6. The number of benzene rings is 1. The molecule has 0 unspecified atom stereocenters. The molecule has 4 rings (SSSR count). The zero-order valence-corrected chi connectivity index (χ0v) is 14.9. The van der Waals surface area contributed by atoms with Gasteiger partial charge in [-0.25, -0.2) is 9.78 Å². The van der Waals surface area contributed by atoms with Crippen LogP contribution >= 0.6 is 0 Å². The fraction of sp³-hybridized carbons (Fsp3) is 0.263. The predicted octanol–water partition coefficient (Wildman–Crippen LogP) is 3.84. The fourth-order valence-corrected chi connectivity index (χ4v) is 2.89. The molecule has 0 saturated heterocycles. The minimum atomic E-state index is -0.554. The van der Waals surface area contributed by atoms with Crippen molar-refractivity contribution in [3.8, 4) is 0 Å². The van der Waals surface area contributed by atoms with Crippen molar-refractivity contribution in [2.45, 2.75) is 25.7 Å². The molecule has 0 radical (unpaired) electrons. The van der Waals surface area contributed by atoms with Crippen molar-refractivity contribution in [1.82, 2.24) is 10.1 Å². The minimum absolute atomic E-state index is 0.260. The average molecular weight is 366 g/mol. The van der Waals surface area contributed by atoms with E-state index < -0.39 is 6.09 Å². The highest BCUT2D eigenvalue weighted by atomic mass is 16.5. The number of hydrogen-bond acceptors (Lipinski definition) is 6. The summed E-state index contributed by atoms with van der Waals surface area (Å²) in [6.45, 7) is 1.79. The molecule has 1 aliphatic rings. The van der Waals surface area contributed by atoms with E-state index in [9.17, 15) is 9.59 Å². The van der Waals surface area contributed by atoms with Gasteiger partial charge in [0.15, 0.2) is 0 Å². The van der Waals surface area contributed by atoms with Crippen molar-refractivity contribution in [2.75, 3.05) is 17.7 Å². The van der Waals surface area contributed by atoms with Crippen LogP contribution in [0, 0.1) is 6.92 Å². The molecule has 2 amide bonds. The molecule has 8 nitrogen and oxygen atoms in total. The van der Waals surface area contributed by atoms with E-state index in [1.165, 1.54) is 7.11 Å². The van der Waals surface area contributed by atoms with Crippen molar-refractivity contribution in [3.05, 3.63) is 47.3 Å². The third kappa shape index (κ3) is 3.46. The van der Waals surface area contributed by atoms with E-state index in [1.807, 2.05) is 6.07 Å². The summed E-state index contributed by atoms with van der Waals surface area (Å²) in [6, 6.07) is 8.57. The zero-order chi connectivity index (χ0) is 19.0. The molecule has 0 atom stereocenters. The molecule has 1 aliphatic carbocycles. The standard InChI is InChI=1S/C19H18N4O4/c1-10-16-14(9-15(11-3-4-11)22-18(16)27-23-10)17(24)20-12-5-7-13(8-6-12)21-19(25)26-2/h5-9,11H,3-4H2,1-2H3,(H,20,24)(H,21,25). The number of anilines is 2. The van der Waals surface area contributed by atoms with Crippen molar-refractivity contribution >= 4 is 34.5 Å². The van der Waals surface area contributed by atoms with Crippen LogP contribution in [-0.2, 0) is 4.74 Å². The van der Waals surface area contributed by atoms with Crippen LogP contribution in [0.15, 0.2) is 34.9 Å². The normalized spacial score (nSPS) is 13.4. The topological polar surface area (TPSA) is 106 Å². The Balaban J connectivity index is 1.59. The summed E-state index contributed by atoms with van der Waals surface area (Å²) in [5.41, 5.74) is 3.54. The molecule has 0 spiro atoms. The van der Waals surface area contributed by atoms with Crippen LogP contribution in [0.4, 0.5) is 16.2 Å². The first-order chi connectivity index (χ1) is 13.0. The smallest absolute Gasteiger partial charge is 0.411 e. The number of amides is 2. The Labute approximate surface area is 154 Å². The third-order valence-electron chi connectivity index (χ3n) is 4.45. The number of nitrogens with one attached hydrogen (secondary N) is 2. The number of aromatic nitrogens is 2. The van der Waals surface area contributed by atoms with E-state index in [0.717, 1.165) is 18.5 Å². The molecule has 138 valence electrons. The Morgan fingerprint density at radius 3 is 2.44 bits per heavy atom. The second-order valence-electron chi connectivity index (χ2n) is 6.47. The second-order valence-corrected chi connectivity index (χ2v) is 6.47. The molecule has 1 fully saturated rings. The average Bonchev–Trinajstić information content (AvgIpc) is 3.46. The van der Waals surface area contributed by atoms with Gasteiger partial charge in [0.1, 0.15) is 0 Å². The van der Waals surface area contributed by atoms with Crippen LogP contribution in [0.25, 0.3) is 11.1 Å². The number of carbonyl (C=O) groups excluding carboxylic acids is 2. The molecule has 0 bridgehead atoms. The maximum atomic E-state index is 12.9. The van der Waals surface area contributed by atoms with E-state index >= 15 is 0 Å². The number of fused-ring (bicyclic) bond motifs is 1. The number of methoxy groups -OCH3 is 1. The van der Waals surface area contributed by atoms with E-state index in [0.29, 0.717) is 39.6 Å². The summed E-state index contributed by atoms with van der Waals surface area (Å²) < 4.78 is 9.82. The van der Waals surface area contributed by atoms with Gasteiger partial charge in [-0.2, -0.15) is 0 Å². The number of ether oxygens (including phenoxy) is 1. The molecule has 2 heterocycles. The highest BCUT2D eigenvalue weighted by molar-refractivity contribution is 6.12. The van der Waals surface area contributed by atoms with Crippen LogP contribution in [0.5, 0.6) is 0 Å². The first kappa shape index (κ1) is 17.0. The molecule has 2 N–H and O–H groups in total. The maximum absolute atomic E-state index is 12.9. The van der Waals surface area contributed by atoms with Gasteiger partial charge in [0.25, 0.3) is 11.6 Å². The molecule has 3 aromatic rings. The Bertz CT molecular complexity index is 1020. The number of nitrogens with zero attached hydrogens (tertiary/aromatic N) is 2. The van der Waals surface area contributed by atoms with Crippen LogP contribution in [-0.4, -0.2) is 29.3 Å². The molecule has 2 aromatic heterocycles. The molecule has 1 saturated carbocycles. The van der Waals surface area contributed by atoms with Gasteiger partial charge in [0.05, 0.1) is 23.8 Å². The first-order valence-corrected chi connectivity index (χ1v) is 8.58. The van der Waals surface area contributed by atoms with Crippen molar-refractivity contribution in [1.29, 1.82) is 0 Å². The molecular formula is C19H18N4O4. The molecular weight excluding hydrogens is 348 g/mol. The SMILES string of the molecule is COC(=O)Nc1ccc(NC(=O)c2cc(C3CC3)nc3onc(C)c23)cc1. The van der Waals surface area contributed by atoms with Crippen molar-refractivity contribution in [3.63, 3.8) is 0 Å². The van der Waals surface area contributed by atoms with E-state index in [-0.39, 0.29) is 5.91 Å². The van der Waals surface area contributed by atoms with E-state index in [2.05, 4.69) is 25.5 Å². The highest BCUT2D eigenvalue weighted by Crippen LogP contribution is 2.40. The number of hydrogen-bond donors (Lipinski definition) is 2. The molecule has 1 aromatic carbocycles. The highest BCUT2D eigenvalue weighted by Gasteiger charge is 2.28. The van der Waals surface area contributed by atoms with Gasteiger partial charge in [-0.3, -0.25) is 10.1 Å². The van der Waals surface area contributed by atoms with E-state index in [1.54, 1.807) is 31.2 Å². The van der Waals surface area contributed by atoms with Gasteiger partial charge in [0, 0.05) is 23.0 Å². The zero-order valence-electron chi connectivity index (χ0n) is 14.9. The lowest BCUT2D eigenvalue weighted by molar-refractivity contribution is 0.102. The lowest BCUT2D eigenvalue weighted by Crippen LogP contribution is -2.14. The van der Waals surface area contributed by atoms with Crippen LogP contribution in [0.3, 0.4) is 0 Å². The van der Waals surface area contributed by atoms with Gasteiger partial charge in [-0.05, 0) is 50.1 Å². The van der Waals surface area contributed by atoms with Crippen molar-refractivity contribution < 1.29 is 18.8 Å². The predicted molar refractivity (Wildman–Crippen MR) is 98.9 cm³/mol. The van der Waals surface area contributed by atoms with E-state index in [4.69, 9.17) is 4.52 Å². The van der Waals surface area contributed by atoms with Crippen molar-refractivity contribution in [2.24, 2.45) is 0 Å². The summed E-state index contributed by atoms with van der Waals surface area (Å²) in [5, 5.41) is 9.99. The molecule has 27 heavy (non-hydrogen) atoms. The summed E-state index contributed by atoms with van der Waals surface area (Å²) >= 11 is 0. The Kier molecular flexibility index (Phi) is 4.23. The molecule has 0 aliphatic heterocycles. The fourth-order valence-electron chi connectivity index (χ4n) is 2.89.